The first kappa shape index (κ1) is 19.6. The van der Waals surface area contributed by atoms with Gasteiger partial charge in [-0.1, -0.05) is 30.8 Å². The Morgan fingerprint density at radius 3 is 2.72 bits per heavy atom. The predicted octanol–water partition coefficient (Wildman–Crippen LogP) is 4.29. The SMILES string of the molecule is CC/C=C\C1=C(C=N)OC2S/C(=C(/C#N)c3cncnc3)SC12.CS. The van der Waals surface area contributed by atoms with Crippen LogP contribution in [0, 0.1) is 16.7 Å². The first-order chi connectivity index (χ1) is 12.3. The normalized spacial score (nSPS) is 23.4. The molecule has 2 aliphatic rings. The van der Waals surface area contributed by atoms with Gasteiger partial charge in [-0.15, -0.1) is 11.8 Å². The Morgan fingerprint density at radius 2 is 2.12 bits per heavy atom. The van der Waals surface area contributed by atoms with E-state index in [1.165, 1.54) is 24.3 Å². The maximum Gasteiger partial charge on any atom is 0.165 e. The van der Waals surface area contributed by atoms with Crippen LogP contribution in [0.25, 0.3) is 5.57 Å². The Balaban J connectivity index is 0.00000109. The van der Waals surface area contributed by atoms with Crippen LogP contribution in [0.5, 0.6) is 0 Å². The van der Waals surface area contributed by atoms with Crippen LogP contribution in [0.1, 0.15) is 18.9 Å². The highest BCUT2D eigenvalue weighted by Gasteiger charge is 2.43. The van der Waals surface area contributed by atoms with E-state index in [9.17, 15) is 5.26 Å². The monoisotopic (exact) mass is 390 g/mol. The highest BCUT2D eigenvalue weighted by molar-refractivity contribution is 8.26. The van der Waals surface area contributed by atoms with Crippen molar-refractivity contribution in [1.82, 2.24) is 9.97 Å². The third kappa shape index (κ3) is 4.29. The van der Waals surface area contributed by atoms with Gasteiger partial charge in [-0.2, -0.15) is 17.9 Å². The Labute approximate surface area is 161 Å². The minimum Gasteiger partial charge on any atom is -0.476 e. The summed E-state index contributed by atoms with van der Waals surface area (Å²) >= 11 is 6.67. The van der Waals surface area contributed by atoms with Gasteiger partial charge in [-0.25, -0.2) is 9.97 Å². The number of ether oxygens (including phenoxy) is 1. The summed E-state index contributed by atoms with van der Waals surface area (Å²) in [4.78, 5) is 7.96. The number of nitrogens with one attached hydrogen (secondary N) is 1. The minimum atomic E-state index is -0.101. The van der Waals surface area contributed by atoms with Crippen molar-refractivity contribution < 1.29 is 4.74 Å². The molecule has 2 atom stereocenters. The van der Waals surface area contributed by atoms with Crippen LogP contribution >= 0.6 is 36.2 Å². The molecule has 3 heterocycles. The number of rotatable bonds is 4. The third-order valence-corrected chi connectivity index (χ3v) is 6.31. The minimum absolute atomic E-state index is 0.0994. The van der Waals surface area contributed by atoms with Gasteiger partial charge in [-0.05, 0) is 12.7 Å². The van der Waals surface area contributed by atoms with Crippen molar-refractivity contribution in [3.63, 3.8) is 0 Å². The molecule has 0 bridgehead atoms. The average molecular weight is 391 g/mol. The van der Waals surface area contributed by atoms with Gasteiger partial charge in [0.05, 0.1) is 21.3 Å². The molecule has 8 heteroatoms. The molecule has 130 valence electrons. The fraction of sp³-hybridized carbons (Fsp3) is 0.294. The Bertz CT molecular complexity index is 753. The fourth-order valence-corrected chi connectivity index (χ4v) is 5.37. The van der Waals surface area contributed by atoms with Gasteiger partial charge < -0.3 is 10.1 Å². The van der Waals surface area contributed by atoms with Crippen molar-refractivity contribution in [3.8, 4) is 6.07 Å². The number of nitriles is 1. The summed E-state index contributed by atoms with van der Waals surface area (Å²) in [5.41, 5.74) is 2.21. The number of thioether (sulfide) groups is 2. The summed E-state index contributed by atoms with van der Waals surface area (Å²) in [7, 11) is 0. The van der Waals surface area contributed by atoms with Crippen molar-refractivity contribution in [2.24, 2.45) is 0 Å². The molecule has 0 spiro atoms. The number of aromatic nitrogens is 2. The number of hydrogen-bond acceptors (Lipinski definition) is 8. The highest BCUT2D eigenvalue weighted by Crippen LogP contribution is 2.56. The molecule has 1 saturated heterocycles. The first-order valence-corrected chi connectivity index (χ1v) is 10.2. The average Bonchev–Trinajstić information content (AvgIpc) is 3.21. The summed E-state index contributed by atoms with van der Waals surface area (Å²) < 4.78 is 6.78. The molecule has 2 unspecified atom stereocenters. The Kier molecular flexibility index (Phi) is 7.62. The third-order valence-electron chi connectivity index (χ3n) is 3.37. The zero-order valence-electron chi connectivity index (χ0n) is 13.8. The number of allylic oxidation sites excluding steroid dienone is 4. The fourth-order valence-electron chi connectivity index (χ4n) is 2.31. The number of hydrogen-bond donors (Lipinski definition) is 2. The molecule has 0 amide bonds. The Morgan fingerprint density at radius 1 is 1.40 bits per heavy atom. The molecule has 0 radical (unpaired) electrons. The van der Waals surface area contributed by atoms with Gasteiger partial charge in [0.25, 0.3) is 0 Å². The van der Waals surface area contributed by atoms with Crippen molar-refractivity contribution in [2.75, 3.05) is 6.26 Å². The van der Waals surface area contributed by atoms with Crippen molar-refractivity contribution in [2.45, 2.75) is 24.0 Å². The van der Waals surface area contributed by atoms with Crippen molar-refractivity contribution in [3.05, 3.63) is 52.0 Å². The summed E-state index contributed by atoms with van der Waals surface area (Å²) in [6.45, 7) is 2.07. The lowest BCUT2D eigenvalue weighted by atomic mass is 10.1. The molecule has 2 aliphatic heterocycles. The number of fused-ring (bicyclic) bond motifs is 1. The van der Waals surface area contributed by atoms with E-state index >= 15 is 0 Å². The second kappa shape index (κ2) is 9.70. The van der Waals surface area contributed by atoms with E-state index in [2.05, 4.69) is 41.7 Å². The van der Waals surface area contributed by atoms with Crippen LogP contribution in [-0.2, 0) is 4.74 Å². The van der Waals surface area contributed by atoms with E-state index in [1.807, 2.05) is 6.08 Å². The molecule has 1 N–H and O–H groups in total. The van der Waals surface area contributed by atoms with Crippen LogP contribution in [0.3, 0.4) is 0 Å². The summed E-state index contributed by atoms with van der Waals surface area (Å²) in [6.07, 6.45) is 12.7. The van der Waals surface area contributed by atoms with Gasteiger partial charge in [0.1, 0.15) is 18.2 Å². The molecule has 3 rings (SSSR count). The number of thiol groups is 1. The number of nitrogens with zero attached hydrogens (tertiary/aromatic N) is 3. The van der Waals surface area contributed by atoms with E-state index in [4.69, 9.17) is 10.1 Å². The smallest absolute Gasteiger partial charge is 0.165 e. The van der Waals surface area contributed by atoms with Crippen LogP contribution in [0.2, 0.25) is 0 Å². The van der Waals surface area contributed by atoms with E-state index in [0.29, 0.717) is 16.9 Å². The van der Waals surface area contributed by atoms with E-state index in [1.54, 1.807) is 30.4 Å². The molecular formula is C17H18N4OS3. The topological polar surface area (TPSA) is 82.6 Å². The van der Waals surface area contributed by atoms with Gasteiger partial charge in [0.15, 0.2) is 5.44 Å². The standard InChI is InChI=1S/C16H14N4OS2.CH4S/c1-2-3-4-11-13(6-18)21-15-14(11)22-16(23-15)12(5-17)10-7-19-9-20-8-10;1-2/h3-4,6-9,14-15,18H,2H2,1H3;2H,1H3/b4-3-,16-12-,18-6?;. The zero-order valence-corrected chi connectivity index (χ0v) is 16.4. The Hall–Kier alpha value is -1.69. The maximum absolute atomic E-state index is 9.52. The molecule has 25 heavy (non-hydrogen) atoms. The van der Waals surface area contributed by atoms with Gasteiger partial charge >= 0.3 is 0 Å². The molecule has 5 nitrogen and oxygen atoms in total. The van der Waals surface area contributed by atoms with Crippen LogP contribution in [0.15, 0.2) is 46.4 Å². The first-order valence-electron chi connectivity index (χ1n) is 7.54. The van der Waals surface area contributed by atoms with Gasteiger partial charge in [0, 0.05) is 23.5 Å². The lowest BCUT2D eigenvalue weighted by Crippen LogP contribution is -2.10. The second-order valence-electron chi connectivity index (χ2n) is 4.82. The van der Waals surface area contributed by atoms with Crippen molar-refractivity contribution >= 4 is 47.9 Å². The highest BCUT2D eigenvalue weighted by atomic mass is 32.2. The maximum atomic E-state index is 9.52. The molecular weight excluding hydrogens is 372 g/mol. The lowest BCUT2D eigenvalue weighted by Gasteiger charge is -2.06. The predicted molar refractivity (Wildman–Crippen MR) is 109 cm³/mol. The largest absolute Gasteiger partial charge is 0.476 e. The van der Waals surface area contributed by atoms with Gasteiger partial charge in [-0.3, -0.25) is 0 Å². The summed E-state index contributed by atoms with van der Waals surface area (Å²) in [5, 5.41) is 17.1. The molecule has 0 aliphatic carbocycles. The van der Waals surface area contributed by atoms with E-state index in [-0.39, 0.29) is 10.7 Å². The lowest BCUT2D eigenvalue weighted by molar-refractivity contribution is 0.239. The van der Waals surface area contributed by atoms with Crippen LogP contribution in [-0.4, -0.2) is 33.1 Å². The zero-order chi connectivity index (χ0) is 18.2. The molecule has 0 saturated carbocycles. The van der Waals surface area contributed by atoms with Crippen LogP contribution in [0.4, 0.5) is 0 Å². The summed E-state index contributed by atoms with van der Waals surface area (Å²) in [6, 6.07) is 2.26. The molecule has 1 aromatic rings. The van der Waals surface area contributed by atoms with Gasteiger partial charge in [0.2, 0.25) is 0 Å². The van der Waals surface area contributed by atoms with Crippen LogP contribution < -0.4 is 0 Å². The van der Waals surface area contributed by atoms with E-state index < -0.39 is 0 Å². The molecule has 1 fully saturated rings. The van der Waals surface area contributed by atoms with Crippen molar-refractivity contribution in [1.29, 1.82) is 10.7 Å². The summed E-state index contributed by atoms with van der Waals surface area (Å²) in [5.74, 6) is 0.616. The van der Waals surface area contributed by atoms with E-state index in [0.717, 1.165) is 16.2 Å². The molecule has 1 aromatic heterocycles. The molecule has 0 aromatic carbocycles. The quantitative estimate of drug-likeness (QED) is 0.453. The second-order valence-corrected chi connectivity index (χ2v) is 7.34.